The quantitative estimate of drug-likeness (QED) is 0.770. The van der Waals surface area contributed by atoms with E-state index in [4.69, 9.17) is 9.47 Å². The number of urea groups is 1. The van der Waals surface area contributed by atoms with Crippen molar-refractivity contribution in [1.82, 2.24) is 4.90 Å². The van der Waals surface area contributed by atoms with Crippen LogP contribution in [0.15, 0.2) is 48.5 Å². The highest BCUT2D eigenvalue weighted by Crippen LogP contribution is 2.37. The lowest BCUT2D eigenvalue weighted by Gasteiger charge is -2.26. The van der Waals surface area contributed by atoms with Gasteiger partial charge in [-0.2, -0.15) is 0 Å². The molecule has 0 bridgehead atoms. The summed E-state index contributed by atoms with van der Waals surface area (Å²) in [5.41, 5.74) is 1.67. The van der Waals surface area contributed by atoms with E-state index in [2.05, 4.69) is 10.1 Å². The van der Waals surface area contributed by atoms with Crippen LogP contribution in [0, 0.1) is 0 Å². The van der Waals surface area contributed by atoms with Crippen molar-refractivity contribution in [2.75, 3.05) is 32.7 Å². The zero-order valence-electron chi connectivity index (χ0n) is 16.0. The van der Waals surface area contributed by atoms with Gasteiger partial charge >= 0.3 is 12.0 Å². The predicted molar refractivity (Wildman–Crippen MR) is 105 cm³/mol. The first-order valence-corrected chi connectivity index (χ1v) is 9.12. The molecule has 1 heterocycles. The molecule has 1 saturated heterocycles. The number of carbonyl (C=O) groups excluding carboxylic acids is 2. The summed E-state index contributed by atoms with van der Waals surface area (Å²) in [6.45, 7) is 0.533. The van der Waals surface area contributed by atoms with E-state index in [0.29, 0.717) is 18.0 Å². The molecule has 0 spiro atoms. The summed E-state index contributed by atoms with van der Waals surface area (Å²) >= 11 is 0. The average Bonchev–Trinajstić information content (AvgIpc) is 3.22. The molecule has 0 radical (unpaired) electrons. The number of methoxy groups -OCH3 is 2. The number of nitrogens with one attached hydrogen (secondary N) is 1. The van der Waals surface area contributed by atoms with Gasteiger partial charge in [0.15, 0.2) is 6.61 Å². The Balaban J connectivity index is 1.64. The summed E-state index contributed by atoms with van der Waals surface area (Å²) in [7, 11) is 2.95. The second kappa shape index (κ2) is 9.12. The number of anilines is 1. The standard InChI is InChI=1S/C21H24N2O5/c1-26-19-8-4-3-6-17(19)18-7-5-13-23(18)21(25)22-15-9-11-16(12-10-15)28-14-20(24)27-2/h3-4,6,8-12,18H,5,7,13-14H2,1-2H3,(H,22,25). The molecule has 2 aromatic rings. The number of esters is 1. The number of nitrogens with zero attached hydrogens (tertiary/aromatic N) is 1. The molecule has 2 amide bonds. The van der Waals surface area contributed by atoms with Gasteiger partial charge < -0.3 is 24.4 Å². The van der Waals surface area contributed by atoms with E-state index in [1.165, 1.54) is 7.11 Å². The number of carbonyl (C=O) groups is 2. The first kappa shape index (κ1) is 19.5. The van der Waals surface area contributed by atoms with Crippen LogP contribution in [0.4, 0.5) is 10.5 Å². The maximum Gasteiger partial charge on any atom is 0.343 e. The zero-order valence-corrected chi connectivity index (χ0v) is 16.0. The van der Waals surface area contributed by atoms with Crippen molar-refractivity contribution in [1.29, 1.82) is 0 Å². The van der Waals surface area contributed by atoms with Crippen LogP contribution < -0.4 is 14.8 Å². The molecule has 1 aliphatic heterocycles. The Morgan fingerprint density at radius 1 is 1.11 bits per heavy atom. The van der Waals surface area contributed by atoms with Gasteiger partial charge in [-0.25, -0.2) is 9.59 Å². The van der Waals surface area contributed by atoms with E-state index < -0.39 is 5.97 Å². The summed E-state index contributed by atoms with van der Waals surface area (Å²) in [4.78, 5) is 25.8. The number of ether oxygens (including phenoxy) is 3. The van der Waals surface area contributed by atoms with Crippen molar-refractivity contribution in [2.45, 2.75) is 18.9 Å². The minimum atomic E-state index is -0.450. The van der Waals surface area contributed by atoms with Crippen molar-refractivity contribution < 1.29 is 23.8 Å². The molecule has 1 aliphatic rings. The lowest BCUT2D eigenvalue weighted by atomic mass is 10.0. The molecule has 148 valence electrons. The molecule has 1 fully saturated rings. The van der Waals surface area contributed by atoms with Gasteiger partial charge in [0.1, 0.15) is 11.5 Å². The number of amides is 2. The second-order valence-electron chi connectivity index (χ2n) is 6.41. The summed E-state index contributed by atoms with van der Waals surface area (Å²) < 4.78 is 15.3. The monoisotopic (exact) mass is 384 g/mol. The van der Waals surface area contributed by atoms with Crippen LogP contribution in [0.3, 0.4) is 0 Å². The second-order valence-corrected chi connectivity index (χ2v) is 6.41. The van der Waals surface area contributed by atoms with E-state index in [-0.39, 0.29) is 18.7 Å². The molecular formula is C21H24N2O5. The fourth-order valence-corrected chi connectivity index (χ4v) is 3.31. The molecule has 3 rings (SSSR count). The number of likely N-dealkylation sites (tertiary alicyclic amines) is 1. The minimum absolute atomic E-state index is 0.0150. The Morgan fingerprint density at radius 2 is 1.86 bits per heavy atom. The van der Waals surface area contributed by atoms with Crippen molar-refractivity contribution >= 4 is 17.7 Å². The van der Waals surface area contributed by atoms with Gasteiger partial charge in [-0.05, 0) is 43.2 Å². The van der Waals surface area contributed by atoms with Crippen LogP contribution in [0.25, 0.3) is 0 Å². The van der Waals surface area contributed by atoms with E-state index in [0.717, 1.165) is 24.2 Å². The third kappa shape index (κ3) is 4.54. The van der Waals surface area contributed by atoms with E-state index in [9.17, 15) is 9.59 Å². The van der Waals surface area contributed by atoms with Gasteiger partial charge in [0, 0.05) is 17.8 Å². The van der Waals surface area contributed by atoms with Crippen LogP contribution in [0.2, 0.25) is 0 Å². The number of hydrogen-bond acceptors (Lipinski definition) is 5. The molecule has 0 aromatic heterocycles. The number of benzene rings is 2. The van der Waals surface area contributed by atoms with Gasteiger partial charge in [0.25, 0.3) is 0 Å². The molecule has 2 aromatic carbocycles. The largest absolute Gasteiger partial charge is 0.496 e. The SMILES string of the molecule is COC(=O)COc1ccc(NC(=O)N2CCCC2c2ccccc2OC)cc1. The Bertz CT molecular complexity index is 822. The summed E-state index contributed by atoms with van der Waals surface area (Å²) in [5, 5.41) is 2.92. The molecule has 1 N–H and O–H groups in total. The normalized spacial score (nSPS) is 15.8. The number of para-hydroxylation sites is 1. The van der Waals surface area contributed by atoms with Crippen LogP contribution >= 0.6 is 0 Å². The molecule has 7 heteroatoms. The van der Waals surface area contributed by atoms with Gasteiger partial charge in [0.2, 0.25) is 0 Å². The first-order valence-electron chi connectivity index (χ1n) is 9.12. The predicted octanol–water partition coefficient (Wildman–Crippen LogP) is 3.62. The molecule has 0 aliphatic carbocycles. The molecule has 28 heavy (non-hydrogen) atoms. The molecule has 1 unspecified atom stereocenters. The highest BCUT2D eigenvalue weighted by molar-refractivity contribution is 5.90. The Kier molecular flexibility index (Phi) is 6.37. The van der Waals surface area contributed by atoms with Crippen molar-refractivity contribution in [3.8, 4) is 11.5 Å². The van der Waals surface area contributed by atoms with Crippen molar-refractivity contribution in [3.63, 3.8) is 0 Å². The van der Waals surface area contributed by atoms with Crippen LogP contribution in [0.1, 0.15) is 24.4 Å². The molecule has 0 saturated carbocycles. The van der Waals surface area contributed by atoms with Crippen molar-refractivity contribution in [3.05, 3.63) is 54.1 Å². The van der Waals surface area contributed by atoms with E-state index >= 15 is 0 Å². The Labute approximate surface area is 164 Å². The molecular weight excluding hydrogens is 360 g/mol. The summed E-state index contributed by atoms with van der Waals surface area (Å²) in [6, 6.07) is 14.5. The highest BCUT2D eigenvalue weighted by Gasteiger charge is 2.31. The van der Waals surface area contributed by atoms with Crippen LogP contribution in [-0.2, 0) is 9.53 Å². The minimum Gasteiger partial charge on any atom is -0.496 e. The third-order valence-electron chi connectivity index (χ3n) is 4.70. The Morgan fingerprint density at radius 3 is 2.57 bits per heavy atom. The van der Waals surface area contributed by atoms with Gasteiger partial charge in [-0.1, -0.05) is 18.2 Å². The van der Waals surface area contributed by atoms with Crippen LogP contribution in [0.5, 0.6) is 11.5 Å². The highest BCUT2D eigenvalue weighted by atomic mass is 16.6. The lowest BCUT2D eigenvalue weighted by Crippen LogP contribution is -2.34. The maximum atomic E-state index is 12.8. The number of hydrogen-bond donors (Lipinski definition) is 1. The van der Waals surface area contributed by atoms with E-state index in [1.807, 2.05) is 29.2 Å². The Hall–Kier alpha value is -3.22. The summed E-state index contributed by atoms with van der Waals surface area (Å²) in [6.07, 6.45) is 1.84. The fraction of sp³-hybridized carbons (Fsp3) is 0.333. The van der Waals surface area contributed by atoms with Gasteiger partial charge in [-0.3, -0.25) is 0 Å². The van der Waals surface area contributed by atoms with Gasteiger partial charge in [0.05, 0.1) is 20.3 Å². The number of rotatable bonds is 6. The smallest absolute Gasteiger partial charge is 0.343 e. The topological polar surface area (TPSA) is 77.1 Å². The maximum absolute atomic E-state index is 12.8. The van der Waals surface area contributed by atoms with E-state index in [1.54, 1.807) is 31.4 Å². The van der Waals surface area contributed by atoms with Crippen molar-refractivity contribution in [2.24, 2.45) is 0 Å². The zero-order chi connectivity index (χ0) is 19.9. The fourth-order valence-electron chi connectivity index (χ4n) is 3.31. The first-order chi connectivity index (χ1) is 13.6. The summed E-state index contributed by atoms with van der Waals surface area (Å²) in [5.74, 6) is 0.865. The molecule has 7 nitrogen and oxygen atoms in total. The molecule has 1 atom stereocenters. The average molecular weight is 384 g/mol. The lowest BCUT2D eigenvalue weighted by molar-refractivity contribution is -0.142. The van der Waals surface area contributed by atoms with Crippen LogP contribution in [-0.4, -0.2) is 44.3 Å². The third-order valence-corrected chi connectivity index (χ3v) is 4.70. The van der Waals surface area contributed by atoms with Gasteiger partial charge in [-0.15, -0.1) is 0 Å².